The maximum absolute atomic E-state index is 6.93. The summed E-state index contributed by atoms with van der Waals surface area (Å²) in [5.74, 6) is 1.16. The zero-order valence-electron chi connectivity index (χ0n) is 41.6. The Morgan fingerprint density at radius 2 is 1.00 bits per heavy atom. The van der Waals surface area contributed by atoms with Crippen molar-refractivity contribution in [2.24, 2.45) is 0 Å². The second-order valence-electron chi connectivity index (χ2n) is 19.7. The summed E-state index contributed by atoms with van der Waals surface area (Å²) in [6, 6.07) is 92.0. The Morgan fingerprint density at radius 3 is 1.78 bits per heavy atom. The zero-order chi connectivity index (χ0) is 50.0. The third kappa shape index (κ3) is 6.80. The van der Waals surface area contributed by atoms with Crippen molar-refractivity contribution >= 4 is 77.7 Å². The zero-order valence-corrected chi connectivity index (χ0v) is 43.9. The second kappa shape index (κ2) is 17.7. The molecule has 11 aromatic carbocycles. The summed E-state index contributed by atoms with van der Waals surface area (Å²) >= 11 is 0. The van der Waals surface area contributed by atoms with Gasteiger partial charge in [-0.2, -0.15) is 12.1 Å². The summed E-state index contributed by atoms with van der Waals surface area (Å²) < 4.78 is 11.7. The van der Waals surface area contributed by atoms with E-state index in [0.29, 0.717) is 11.5 Å². The van der Waals surface area contributed by atoms with Crippen LogP contribution in [0.5, 0.6) is 11.5 Å². The van der Waals surface area contributed by atoms with Crippen molar-refractivity contribution in [3.05, 3.63) is 262 Å². The maximum atomic E-state index is 6.93. The van der Waals surface area contributed by atoms with Gasteiger partial charge in [-0.1, -0.05) is 169 Å². The van der Waals surface area contributed by atoms with Crippen LogP contribution >= 0.6 is 0 Å². The van der Waals surface area contributed by atoms with Crippen LogP contribution in [0.3, 0.4) is 0 Å². The van der Waals surface area contributed by atoms with E-state index in [2.05, 4.69) is 286 Å². The molecule has 0 unspecified atom stereocenters. The predicted octanol–water partition coefficient (Wildman–Crippen LogP) is 17.5. The average molecular weight is 1170 g/mol. The molecule has 0 saturated carbocycles. The van der Waals surface area contributed by atoms with Crippen LogP contribution in [0.2, 0.25) is 0 Å². The van der Waals surface area contributed by atoms with Crippen molar-refractivity contribution < 1.29 is 25.8 Å². The molecule has 2 aromatic heterocycles. The van der Waals surface area contributed by atoms with Gasteiger partial charge in [-0.15, -0.1) is 49.4 Å². The summed E-state index contributed by atoms with van der Waals surface area (Å²) in [5, 5.41) is 6.96. The molecule has 77 heavy (non-hydrogen) atoms. The van der Waals surface area contributed by atoms with E-state index in [1.54, 1.807) is 0 Å². The first-order valence-electron chi connectivity index (χ1n) is 25.7. The maximum Gasteiger partial charge on any atom is 4.00 e. The largest absolute Gasteiger partial charge is 4.00 e. The van der Waals surface area contributed by atoms with E-state index in [0.717, 1.165) is 83.9 Å². The van der Waals surface area contributed by atoms with Crippen LogP contribution in [0, 0.1) is 25.5 Å². The molecule has 0 N–H and O–H groups in total. The minimum atomic E-state index is 0. The van der Waals surface area contributed by atoms with Gasteiger partial charge < -0.3 is 33.7 Å². The van der Waals surface area contributed by atoms with Gasteiger partial charge >= 0.3 is 21.1 Å². The van der Waals surface area contributed by atoms with Gasteiger partial charge in [0.15, 0.2) is 0 Å². The van der Waals surface area contributed by atoms with Gasteiger partial charge in [0.1, 0.15) is 0 Å². The number of anilines is 6. The number of hydrogen-bond donors (Lipinski definition) is 0. The van der Waals surface area contributed by atoms with Crippen molar-refractivity contribution in [1.29, 1.82) is 0 Å². The molecule has 0 fully saturated rings. The molecule has 0 saturated heterocycles. The van der Waals surface area contributed by atoms with Crippen molar-refractivity contribution in [2.45, 2.75) is 0 Å². The fourth-order valence-corrected chi connectivity index (χ4v) is 12.3. The summed E-state index contributed by atoms with van der Waals surface area (Å²) in [6.07, 6.45) is 0. The topological polar surface area (TPSA) is 32.1 Å². The van der Waals surface area contributed by atoms with Gasteiger partial charge in [-0.05, 0) is 82.7 Å². The van der Waals surface area contributed by atoms with Crippen molar-refractivity contribution in [1.82, 2.24) is 9.24 Å². The van der Waals surface area contributed by atoms with E-state index in [9.17, 15) is 0 Å². The second-order valence-corrected chi connectivity index (χ2v) is 19.7. The Bertz CT molecular complexity index is 4450. The van der Waals surface area contributed by atoms with Gasteiger partial charge in [0, 0.05) is 73.0 Å². The first-order valence-corrected chi connectivity index (χ1v) is 25.7. The molecule has 16 rings (SSSR count). The first-order chi connectivity index (χ1) is 37.6. The third-order valence-corrected chi connectivity index (χ3v) is 15.5. The fourth-order valence-electron chi connectivity index (χ4n) is 12.3. The average Bonchev–Trinajstić information content (AvgIpc) is 4.27. The number of rotatable bonds is 7. The van der Waals surface area contributed by atoms with Crippen molar-refractivity contribution in [3.63, 3.8) is 0 Å². The van der Waals surface area contributed by atoms with Crippen LogP contribution in [0.4, 0.5) is 34.1 Å². The van der Waals surface area contributed by atoms with Crippen LogP contribution < -0.4 is 24.4 Å². The van der Waals surface area contributed by atoms with Crippen LogP contribution in [-0.2, 0) is 21.1 Å². The summed E-state index contributed by atoms with van der Waals surface area (Å²) in [7, 11) is 2.11. The summed E-state index contributed by atoms with van der Waals surface area (Å²) in [4.78, 5) is 6.72. The number of benzene rings is 11. The Kier molecular flexibility index (Phi) is 10.4. The fraction of sp³-hybridized carbons (Fsp3) is 0.0145. The normalized spacial score (nSPS) is 13.2. The monoisotopic (exact) mass is 1170 g/mol. The van der Waals surface area contributed by atoms with Crippen LogP contribution in [0.1, 0.15) is 0 Å². The molecular weight excluding hydrogens is 1120 g/mol. The number of hydrogen-bond acceptors (Lipinski definition) is 5. The molecule has 0 aliphatic carbocycles. The molecule has 13 aromatic rings. The molecule has 366 valence electrons. The standard InChI is InChI=1S/C69H44N6O.Pt/c1-70-43-73(62-36-15-12-33-59(62)70)75-64-40-39-63-66(54-27-9-8-25-52(54)55-30-18-31-56-53-26-10-11-32-58(53)74(63)69(55)56)67(64)57-38-37-49(42-65(57)75)76-48-24-16-23-47(41-48)71-44-72(61-35-14-13-34-60(61)71)68-50(45-19-4-2-5-20-45)28-17-29-51(68)46-21-6-3-7-22-46;/h2-40,43-44H,1H3;/q-4;+4. The quantitative estimate of drug-likeness (QED) is 0.149. The Morgan fingerprint density at radius 1 is 0.403 bits per heavy atom. The van der Waals surface area contributed by atoms with Crippen molar-refractivity contribution in [3.8, 4) is 61.7 Å². The number of nitrogens with zero attached hydrogens (tertiary/aromatic N) is 6. The molecule has 3 aliphatic heterocycles. The van der Waals surface area contributed by atoms with Gasteiger partial charge in [-0.25, -0.2) is 0 Å². The number of fused-ring (bicyclic) bond motifs is 14. The van der Waals surface area contributed by atoms with E-state index in [4.69, 9.17) is 4.74 Å². The Balaban J connectivity index is 0.00000518. The number of para-hydroxylation sites is 7. The van der Waals surface area contributed by atoms with Crippen LogP contribution in [0.25, 0.3) is 93.8 Å². The van der Waals surface area contributed by atoms with Crippen LogP contribution in [-0.4, -0.2) is 16.3 Å². The van der Waals surface area contributed by atoms with Gasteiger partial charge in [-0.3, -0.25) is 0 Å². The first kappa shape index (κ1) is 45.1. The van der Waals surface area contributed by atoms with Crippen molar-refractivity contribution in [2.75, 3.05) is 26.8 Å². The van der Waals surface area contributed by atoms with E-state index in [1.165, 1.54) is 44.1 Å². The van der Waals surface area contributed by atoms with Crippen LogP contribution in [0.15, 0.2) is 237 Å². The molecule has 0 bridgehead atoms. The number of aromatic nitrogens is 2. The molecule has 8 heteroatoms. The molecule has 0 radical (unpaired) electrons. The van der Waals surface area contributed by atoms with Gasteiger partial charge in [0.05, 0.1) is 22.2 Å². The van der Waals surface area contributed by atoms with Gasteiger partial charge in [0.25, 0.3) is 0 Å². The summed E-state index contributed by atoms with van der Waals surface area (Å²) in [6.45, 7) is 4.35. The third-order valence-electron chi connectivity index (χ3n) is 15.5. The molecule has 7 nitrogen and oxygen atoms in total. The van der Waals surface area contributed by atoms with E-state index >= 15 is 0 Å². The molecule has 0 atom stereocenters. The Hall–Kier alpha value is -9.29. The van der Waals surface area contributed by atoms with E-state index < -0.39 is 0 Å². The molecule has 0 amide bonds. The minimum Gasteiger partial charge on any atom is -0.509 e. The predicted molar refractivity (Wildman–Crippen MR) is 312 cm³/mol. The minimum absolute atomic E-state index is 0. The van der Waals surface area contributed by atoms with E-state index in [1.807, 2.05) is 12.1 Å². The molecule has 5 heterocycles. The van der Waals surface area contributed by atoms with Gasteiger partial charge in [0.2, 0.25) is 0 Å². The SMILES string of the molecule is CN1[CH-]N(n2c3[c-]c(Oc4[c-]c(N5[CH-]N(c6c(-c7ccccc7)cccc6-c6ccccc6)c6ccccc65)ccc4)ccc3c3c4c(ccc32)-n2c3ccccc3c3cccc(c32)-c2ccccc2-4)c2ccccc21.[Pt+4]. The van der Waals surface area contributed by atoms with E-state index in [-0.39, 0.29) is 21.1 Å². The smallest absolute Gasteiger partial charge is 0.509 e. The Labute approximate surface area is 460 Å². The molecular formula is C69H44N6OPt. The molecule has 0 spiro atoms. The molecule has 3 aliphatic rings. The number of ether oxygens (including phenoxy) is 1. The summed E-state index contributed by atoms with van der Waals surface area (Å²) in [5.41, 5.74) is 21.1.